The molecule has 0 aliphatic carbocycles. The topological polar surface area (TPSA) is 87.7 Å². The third kappa shape index (κ3) is 3.72. The highest BCUT2D eigenvalue weighted by atomic mass is 16.5. The summed E-state index contributed by atoms with van der Waals surface area (Å²) in [5.74, 6) is -0.627. The fourth-order valence-corrected chi connectivity index (χ4v) is 2.51. The fraction of sp³-hybridized carbons (Fsp3) is 0.222. The molecule has 0 spiro atoms. The molecule has 6 heteroatoms. The number of hydrogen-bond donors (Lipinski definition) is 3. The van der Waals surface area contributed by atoms with Crippen LogP contribution in [0.5, 0.6) is 5.75 Å². The number of anilines is 2. The van der Waals surface area contributed by atoms with Gasteiger partial charge in [-0.1, -0.05) is 12.1 Å². The summed E-state index contributed by atoms with van der Waals surface area (Å²) >= 11 is 0. The average Bonchev–Trinajstić information content (AvgIpc) is 3.11. The van der Waals surface area contributed by atoms with Crippen LogP contribution in [0, 0.1) is 0 Å². The number of nitrogens with one attached hydrogen (secondary N) is 2. The monoisotopic (exact) mass is 326 g/mol. The van der Waals surface area contributed by atoms with Crippen LogP contribution in [0.15, 0.2) is 48.5 Å². The van der Waals surface area contributed by atoms with E-state index in [1.807, 2.05) is 0 Å². The van der Waals surface area contributed by atoms with Crippen molar-refractivity contribution in [2.45, 2.75) is 18.9 Å². The largest absolute Gasteiger partial charge is 0.507 e. The van der Waals surface area contributed by atoms with Crippen LogP contribution in [0.3, 0.4) is 0 Å². The first-order chi connectivity index (χ1) is 11.6. The maximum atomic E-state index is 12.1. The molecule has 0 unspecified atom stereocenters. The van der Waals surface area contributed by atoms with Crippen molar-refractivity contribution in [2.24, 2.45) is 0 Å². The molecule has 3 rings (SSSR count). The number of hydrogen-bond acceptors (Lipinski definition) is 4. The highest BCUT2D eigenvalue weighted by Crippen LogP contribution is 2.20. The van der Waals surface area contributed by atoms with Crippen molar-refractivity contribution in [2.75, 3.05) is 17.2 Å². The second-order valence-corrected chi connectivity index (χ2v) is 5.54. The molecule has 1 fully saturated rings. The molecule has 2 aromatic carbocycles. The number of benzene rings is 2. The molecule has 0 saturated carbocycles. The molecule has 1 aliphatic rings. The third-order valence-electron chi connectivity index (χ3n) is 3.78. The molecule has 1 saturated heterocycles. The summed E-state index contributed by atoms with van der Waals surface area (Å²) < 4.78 is 5.33. The van der Waals surface area contributed by atoms with Crippen molar-refractivity contribution >= 4 is 23.2 Å². The molecule has 24 heavy (non-hydrogen) atoms. The van der Waals surface area contributed by atoms with Crippen molar-refractivity contribution < 1.29 is 19.4 Å². The third-order valence-corrected chi connectivity index (χ3v) is 3.78. The summed E-state index contributed by atoms with van der Waals surface area (Å²) in [7, 11) is 0. The molecule has 0 bridgehead atoms. The number of carbonyl (C=O) groups excluding carboxylic acids is 2. The number of para-hydroxylation sites is 1. The molecule has 2 amide bonds. The first kappa shape index (κ1) is 16.0. The predicted molar refractivity (Wildman–Crippen MR) is 90.1 cm³/mol. The molecule has 6 nitrogen and oxygen atoms in total. The van der Waals surface area contributed by atoms with Crippen LogP contribution in [-0.2, 0) is 9.53 Å². The Kier molecular flexibility index (Phi) is 4.77. The number of phenols is 1. The van der Waals surface area contributed by atoms with Crippen LogP contribution in [0.2, 0.25) is 0 Å². The van der Waals surface area contributed by atoms with E-state index < -0.39 is 5.91 Å². The number of carbonyl (C=O) groups is 2. The van der Waals surface area contributed by atoms with Crippen LogP contribution in [-0.4, -0.2) is 29.6 Å². The Hall–Kier alpha value is -2.86. The van der Waals surface area contributed by atoms with E-state index in [2.05, 4.69) is 10.6 Å². The lowest BCUT2D eigenvalue weighted by Gasteiger charge is -2.11. The van der Waals surface area contributed by atoms with E-state index in [1.54, 1.807) is 42.5 Å². The molecular formula is C18H18N2O4. The molecule has 0 aromatic heterocycles. The molecule has 1 heterocycles. The molecule has 2 aromatic rings. The second-order valence-electron chi connectivity index (χ2n) is 5.54. The minimum Gasteiger partial charge on any atom is -0.507 e. The Balaban J connectivity index is 1.61. The minimum atomic E-state index is -0.399. The van der Waals surface area contributed by atoms with Gasteiger partial charge in [0.25, 0.3) is 11.8 Å². The summed E-state index contributed by atoms with van der Waals surface area (Å²) in [6.45, 7) is 0.620. The molecule has 124 valence electrons. The summed E-state index contributed by atoms with van der Waals surface area (Å²) in [6.07, 6.45) is 1.25. The normalized spacial score (nSPS) is 16.6. The lowest BCUT2D eigenvalue weighted by Crippen LogP contribution is -2.26. The van der Waals surface area contributed by atoms with Gasteiger partial charge in [-0.25, -0.2) is 0 Å². The van der Waals surface area contributed by atoms with E-state index in [9.17, 15) is 14.7 Å². The first-order valence-electron chi connectivity index (χ1n) is 7.75. The van der Waals surface area contributed by atoms with Gasteiger partial charge in [-0.15, -0.1) is 0 Å². The number of aromatic hydroxyl groups is 1. The maximum Gasteiger partial charge on any atom is 0.259 e. The van der Waals surface area contributed by atoms with Crippen molar-refractivity contribution in [3.63, 3.8) is 0 Å². The zero-order valence-corrected chi connectivity index (χ0v) is 13.0. The van der Waals surface area contributed by atoms with E-state index in [1.165, 1.54) is 6.07 Å². The smallest absolute Gasteiger partial charge is 0.259 e. The van der Waals surface area contributed by atoms with Gasteiger partial charge in [0, 0.05) is 18.0 Å². The lowest BCUT2D eigenvalue weighted by atomic mass is 10.2. The van der Waals surface area contributed by atoms with E-state index in [4.69, 9.17) is 4.74 Å². The zero-order chi connectivity index (χ0) is 16.9. The quantitative estimate of drug-likeness (QED) is 0.806. The van der Waals surface area contributed by atoms with Crippen molar-refractivity contribution in [3.8, 4) is 5.75 Å². The molecular weight excluding hydrogens is 308 g/mol. The SMILES string of the molecule is O=C(Nc1ccc(NC(=O)[C@H]2CCCO2)cc1)c1ccccc1O. The molecule has 0 radical (unpaired) electrons. The lowest BCUT2D eigenvalue weighted by molar-refractivity contribution is -0.124. The summed E-state index contributed by atoms with van der Waals surface area (Å²) in [6, 6.07) is 13.1. The Bertz CT molecular complexity index is 737. The van der Waals surface area contributed by atoms with Crippen LogP contribution in [0.4, 0.5) is 11.4 Å². The van der Waals surface area contributed by atoms with E-state index in [0.717, 1.165) is 12.8 Å². The fourth-order valence-electron chi connectivity index (χ4n) is 2.51. The number of ether oxygens (including phenoxy) is 1. The number of amides is 2. The zero-order valence-electron chi connectivity index (χ0n) is 13.0. The van der Waals surface area contributed by atoms with Gasteiger partial charge in [-0.05, 0) is 49.2 Å². The van der Waals surface area contributed by atoms with Gasteiger partial charge in [0.1, 0.15) is 11.9 Å². The van der Waals surface area contributed by atoms with Gasteiger partial charge in [-0.2, -0.15) is 0 Å². The Labute approximate surface area is 139 Å². The van der Waals surface area contributed by atoms with E-state index in [-0.39, 0.29) is 23.3 Å². The molecule has 1 aliphatic heterocycles. The highest BCUT2D eigenvalue weighted by Gasteiger charge is 2.23. The summed E-state index contributed by atoms with van der Waals surface area (Å²) in [5, 5.41) is 15.2. The minimum absolute atomic E-state index is 0.0737. The molecule has 1 atom stereocenters. The van der Waals surface area contributed by atoms with Crippen molar-refractivity contribution in [1.29, 1.82) is 0 Å². The Morgan fingerprint density at radius 3 is 2.29 bits per heavy atom. The number of rotatable bonds is 4. The number of phenolic OH excluding ortho intramolecular Hbond substituents is 1. The van der Waals surface area contributed by atoms with E-state index in [0.29, 0.717) is 18.0 Å². The van der Waals surface area contributed by atoms with Gasteiger partial charge >= 0.3 is 0 Å². The van der Waals surface area contributed by atoms with Crippen LogP contribution < -0.4 is 10.6 Å². The summed E-state index contributed by atoms with van der Waals surface area (Å²) in [4.78, 5) is 24.1. The average molecular weight is 326 g/mol. The Morgan fingerprint density at radius 1 is 1.00 bits per heavy atom. The van der Waals surface area contributed by atoms with Crippen molar-refractivity contribution in [3.05, 3.63) is 54.1 Å². The maximum absolute atomic E-state index is 12.1. The standard InChI is InChI=1S/C18H18N2O4/c21-15-5-2-1-4-14(15)17(22)19-12-7-9-13(10-8-12)20-18(23)16-6-3-11-24-16/h1-2,4-5,7-10,16,21H,3,6,11H2,(H,19,22)(H,20,23)/t16-/m1/s1. The van der Waals surface area contributed by atoms with E-state index >= 15 is 0 Å². The van der Waals surface area contributed by atoms with Gasteiger partial charge in [0.2, 0.25) is 0 Å². The highest BCUT2D eigenvalue weighted by molar-refractivity contribution is 6.06. The second kappa shape index (κ2) is 7.14. The summed E-state index contributed by atoms with van der Waals surface area (Å²) in [5.41, 5.74) is 1.41. The molecule has 3 N–H and O–H groups in total. The van der Waals surface area contributed by atoms with Crippen LogP contribution in [0.1, 0.15) is 23.2 Å². The van der Waals surface area contributed by atoms with Gasteiger partial charge in [0.05, 0.1) is 5.56 Å². The Morgan fingerprint density at radius 2 is 1.67 bits per heavy atom. The van der Waals surface area contributed by atoms with Gasteiger partial charge in [-0.3, -0.25) is 9.59 Å². The van der Waals surface area contributed by atoms with Crippen LogP contribution in [0.25, 0.3) is 0 Å². The van der Waals surface area contributed by atoms with Gasteiger partial charge in [0.15, 0.2) is 0 Å². The van der Waals surface area contributed by atoms with Gasteiger partial charge < -0.3 is 20.5 Å². The van der Waals surface area contributed by atoms with Crippen LogP contribution >= 0.6 is 0 Å². The first-order valence-corrected chi connectivity index (χ1v) is 7.75. The predicted octanol–water partition coefficient (Wildman–Crippen LogP) is 2.76. The van der Waals surface area contributed by atoms with Crippen molar-refractivity contribution in [1.82, 2.24) is 0 Å².